The van der Waals surface area contributed by atoms with Crippen LogP contribution in [-0.4, -0.2) is 13.7 Å². The van der Waals surface area contributed by atoms with E-state index in [1.807, 2.05) is 31.2 Å². The largest absolute Gasteiger partial charge is 0.497 e. The molecule has 2 rings (SSSR count). The Balaban J connectivity index is 2.12. The molecule has 0 spiro atoms. The molecule has 0 amide bonds. The van der Waals surface area contributed by atoms with Gasteiger partial charge in [0.2, 0.25) is 0 Å². The Morgan fingerprint density at radius 2 is 1.58 bits per heavy atom. The topological polar surface area (TPSA) is 53.7 Å². The standard InChI is InChI=1S/C15H17NO3/c1-3-18-11-4-6-12(7-5-11)19-15-9-8-13(17-2)10-14(15)16/h4-10H,3,16H2,1-2H3. The number of ether oxygens (including phenoxy) is 3. The van der Waals surface area contributed by atoms with E-state index in [1.54, 1.807) is 25.3 Å². The maximum atomic E-state index is 5.89. The molecule has 100 valence electrons. The summed E-state index contributed by atoms with van der Waals surface area (Å²) in [6, 6.07) is 12.7. The molecule has 4 nitrogen and oxygen atoms in total. The summed E-state index contributed by atoms with van der Waals surface area (Å²) in [5.41, 5.74) is 6.43. The molecular weight excluding hydrogens is 242 g/mol. The van der Waals surface area contributed by atoms with E-state index in [0.29, 0.717) is 29.5 Å². The lowest BCUT2D eigenvalue weighted by molar-refractivity contribution is 0.339. The SMILES string of the molecule is CCOc1ccc(Oc2ccc(OC)cc2N)cc1. The smallest absolute Gasteiger partial charge is 0.150 e. The van der Waals surface area contributed by atoms with Gasteiger partial charge in [0.1, 0.15) is 17.2 Å². The van der Waals surface area contributed by atoms with Crippen LogP contribution in [0.25, 0.3) is 0 Å². The van der Waals surface area contributed by atoms with Crippen molar-refractivity contribution in [3.63, 3.8) is 0 Å². The highest BCUT2D eigenvalue weighted by Gasteiger charge is 2.04. The van der Waals surface area contributed by atoms with E-state index in [0.717, 1.165) is 5.75 Å². The number of nitrogens with two attached hydrogens (primary N) is 1. The highest BCUT2D eigenvalue weighted by molar-refractivity contribution is 5.57. The predicted molar refractivity (Wildman–Crippen MR) is 75.1 cm³/mol. The van der Waals surface area contributed by atoms with Crippen LogP contribution in [0.1, 0.15) is 6.92 Å². The van der Waals surface area contributed by atoms with Gasteiger partial charge in [0, 0.05) is 6.07 Å². The zero-order valence-electron chi connectivity index (χ0n) is 11.1. The minimum atomic E-state index is 0.535. The van der Waals surface area contributed by atoms with E-state index in [2.05, 4.69) is 0 Å². The molecule has 0 aromatic heterocycles. The second-order valence-corrected chi connectivity index (χ2v) is 3.91. The van der Waals surface area contributed by atoms with Crippen molar-refractivity contribution in [2.45, 2.75) is 6.92 Å². The quantitative estimate of drug-likeness (QED) is 0.835. The Kier molecular flexibility index (Phi) is 4.13. The summed E-state index contributed by atoms with van der Waals surface area (Å²) in [6.07, 6.45) is 0. The summed E-state index contributed by atoms with van der Waals surface area (Å²) in [5.74, 6) is 2.83. The number of nitrogen functional groups attached to an aromatic ring is 1. The van der Waals surface area contributed by atoms with Gasteiger partial charge in [-0.15, -0.1) is 0 Å². The molecule has 0 radical (unpaired) electrons. The third kappa shape index (κ3) is 3.31. The van der Waals surface area contributed by atoms with E-state index in [1.165, 1.54) is 0 Å². The Morgan fingerprint density at radius 3 is 2.16 bits per heavy atom. The molecule has 0 unspecified atom stereocenters. The van der Waals surface area contributed by atoms with Gasteiger partial charge in [-0.3, -0.25) is 0 Å². The lowest BCUT2D eigenvalue weighted by Crippen LogP contribution is -1.94. The Morgan fingerprint density at radius 1 is 0.947 bits per heavy atom. The van der Waals surface area contributed by atoms with E-state index in [9.17, 15) is 0 Å². The van der Waals surface area contributed by atoms with Crippen LogP contribution in [-0.2, 0) is 0 Å². The number of anilines is 1. The van der Waals surface area contributed by atoms with Crippen molar-refractivity contribution in [2.75, 3.05) is 19.5 Å². The summed E-state index contributed by atoms with van der Waals surface area (Å²) in [7, 11) is 1.60. The molecule has 19 heavy (non-hydrogen) atoms. The molecule has 0 aliphatic rings. The first-order valence-corrected chi connectivity index (χ1v) is 6.07. The predicted octanol–water partition coefficient (Wildman–Crippen LogP) is 3.47. The van der Waals surface area contributed by atoms with Crippen LogP contribution in [0.15, 0.2) is 42.5 Å². The highest BCUT2D eigenvalue weighted by Crippen LogP contribution is 2.31. The minimum absolute atomic E-state index is 0.535. The number of hydrogen-bond acceptors (Lipinski definition) is 4. The molecule has 0 heterocycles. The first kappa shape index (κ1) is 13.1. The molecule has 4 heteroatoms. The maximum absolute atomic E-state index is 5.89. The second kappa shape index (κ2) is 6.00. The fourth-order valence-electron chi connectivity index (χ4n) is 1.64. The van der Waals surface area contributed by atoms with Crippen LogP contribution in [0.2, 0.25) is 0 Å². The first-order valence-electron chi connectivity index (χ1n) is 6.07. The first-order chi connectivity index (χ1) is 9.22. The van der Waals surface area contributed by atoms with Crippen molar-refractivity contribution in [1.82, 2.24) is 0 Å². The van der Waals surface area contributed by atoms with Crippen molar-refractivity contribution in [3.8, 4) is 23.0 Å². The summed E-state index contributed by atoms with van der Waals surface area (Å²) >= 11 is 0. The summed E-state index contributed by atoms with van der Waals surface area (Å²) in [4.78, 5) is 0. The molecule has 2 aromatic rings. The molecule has 0 saturated heterocycles. The van der Waals surface area contributed by atoms with Crippen LogP contribution in [0.4, 0.5) is 5.69 Å². The third-order valence-electron chi connectivity index (χ3n) is 2.58. The van der Waals surface area contributed by atoms with E-state index in [4.69, 9.17) is 19.9 Å². The van der Waals surface area contributed by atoms with Crippen LogP contribution < -0.4 is 19.9 Å². The van der Waals surface area contributed by atoms with E-state index < -0.39 is 0 Å². The minimum Gasteiger partial charge on any atom is -0.497 e. The molecular formula is C15H17NO3. The molecule has 2 N–H and O–H groups in total. The summed E-state index contributed by atoms with van der Waals surface area (Å²) < 4.78 is 16.2. The van der Waals surface area contributed by atoms with Gasteiger partial charge in [-0.2, -0.15) is 0 Å². The lowest BCUT2D eigenvalue weighted by atomic mass is 10.2. The van der Waals surface area contributed by atoms with Gasteiger partial charge < -0.3 is 19.9 Å². The Hall–Kier alpha value is -2.36. The normalized spacial score (nSPS) is 10.0. The van der Waals surface area contributed by atoms with Crippen LogP contribution in [0.5, 0.6) is 23.0 Å². The maximum Gasteiger partial charge on any atom is 0.150 e. The molecule has 0 aliphatic carbocycles. The number of rotatable bonds is 5. The molecule has 2 aromatic carbocycles. The average Bonchev–Trinajstić information content (AvgIpc) is 2.43. The zero-order chi connectivity index (χ0) is 13.7. The van der Waals surface area contributed by atoms with Crippen molar-refractivity contribution in [1.29, 1.82) is 0 Å². The Bertz CT molecular complexity index is 538. The average molecular weight is 259 g/mol. The molecule has 0 saturated carbocycles. The Labute approximate surface area is 112 Å². The van der Waals surface area contributed by atoms with Crippen LogP contribution in [0.3, 0.4) is 0 Å². The van der Waals surface area contributed by atoms with Gasteiger partial charge in [-0.05, 0) is 43.3 Å². The number of methoxy groups -OCH3 is 1. The lowest BCUT2D eigenvalue weighted by Gasteiger charge is -2.10. The molecule has 0 bridgehead atoms. The monoisotopic (exact) mass is 259 g/mol. The fraction of sp³-hybridized carbons (Fsp3) is 0.200. The summed E-state index contributed by atoms with van der Waals surface area (Å²) in [6.45, 7) is 2.59. The van der Waals surface area contributed by atoms with Crippen molar-refractivity contribution >= 4 is 5.69 Å². The molecule has 0 aliphatic heterocycles. The second-order valence-electron chi connectivity index (χ2n) is 3.91. The van der Waals surface area contributed by atoms with Gasteiger partial charge in [-0.1, -0.05) is 0 Å². The van der Waals surface area contributed by atoms with Gasteiger partial charge in [0.05, 0.1) is 19.4 Å². The zero-order valence-corrected chi connectivity index (χ0v) is 11.1. The third-order valence-corrected chi connectivity index (χ3v) is 2.58. The number of hydrogen-bond donors (Lipinski definition) is 1. The molecule has 0 fully saturated rings. The molecule has 0 atom stereocenters. The van der Waals surface area contributed by atoms with Gasteiger partial charge in [0.15, 0.2) is 5.75 Å². The highest BCUT2D eigenvalue weighted by atomic mass is 16.5. The van der Waals surface area contributed by atoms with Crippen molar-refractivity contribution in [2.24, 2.45) is 0 Å². The van der Waals surface area contributed by atoms with Gasteiger partial charge in [-0.25, -0.2) is 0 Å². The fourth-order valence-corrected chi connectivity index (χ4v) is 1.64. The van der Waals surface area contributed by atoms with Crippen LogP contribution >= 0.6 is 0 Å². The van der Waals surface area contributed by atoms with Gasteiger partial charge >= 0.3 is 0 Å². The van der Waals surface area contributed by atoms with Gasteiger partial charge in [0.25, 0.3) is 0 Å². The van der Waals surface area contributed by atoms with E-state index in [-0.39, 0.29) is 0 Å². The van der Waals surface area contributed by atoms with Crippen LogP contribution in [0, 0.1) is 0 Å². The summed E-state index contributed by atoms with van der Waals surface area (Å²) in [5, 5.41) is 0. The van der Waals surface area contributed by atoms with Crippen molar-refractivity contribution in [3.05, 3.63) is 42.5 Å². The van der Waals surface area contributed by atoms with Crippen molar-refractivity contribution < 1.29 is 14.2 Å². The number of benzene rings is 2. The van der Waals surface area contributed by atoms with E-state index >= 15 is 0 Å².